The fourth-order valence-corrected chi connectivity index (χ4v) is 4.22. The Kier molecular flexibility index (Phi) is 3.52. The molecule has 0 aliphatic heterocycles. The van der Waals surface area contributed by atoms with Gasteiger partial charge in [-0.15, -0.1) is 0 Å². The van der Waals surface area contributed by atoms with Crippen LogP contribution in [0.5, 0.6) is 0 Å². The Hall–Kier alpha value is -2.42. The first-order valence-corrected chi connectivity index (χ1v) is 8.12. The summed E-state index contributed by atoms with van der Waals surface area (Å²) < 4.78 is 12.4. The molecule has 0 saturated carbocycles. The highest BCUT2D eigenvalue weighted by Crippen LogP contribution is 2.63. The molecule has 120 valence electrons. The normalized spacial score (nSPS) is 24.9. The van der Waals surface area contributed by atoms with Gasteiger partial charge in [0.1, 0.15) is 0 Å². The first kappa shape index (κ1) is 15.1. The van der Waals surface area contributed by atoms with E-state index in [1.807, 2.05) is 36.4 Å². The van der Waals surface area contributed by atoms with Crippen molar-refractivity contribution in [1.82, 2.24) is 0 Å². The zero-order valence-electron chi connectivity index (χ0n) is 13.9. The van der Waals surface area contributed by atoms with Gasteiger partial charge in [0.25, 0.3) is 0 Å². The molecule has 0 aromatic heterocycles. The first-order chi connectivity index (χ1) is 11.8. The lowest BCUT2D eigenvalue weighted by Gasteiger charge is -2.58. The minimum Gasteiger partial charge on any atom is -0.365 e. The molecule has 0 spiro atoms. The third-order valence-corrected chi connectivity index (χ3v) is 5.15. The molecule has 1 aliphatic carbocycles. The maximum Gasteiger partial charge on any atom is 0.155 e. The minimum absolute atomic E-state index is 0.666. The second-order valence-electron chi connectivity index (χ2n) is 6.05. The summed E-state index contributed by atoms with van der Waals surface area (Å²) in [7, 11) is 3.53. The monoisotopic (exact) mass is 316 g/mol. The van der Waals surface area contributed by atoms with Gasteiger partial charge in [0.2, 0.25) is 0 Å². The van der Waals surface area contributed by atoms with E-state index in [1.54, 1.807) is 14.2 Å². The molecule has 0 heterocycles. The van der Waals surface area contributed by atoms with Crippen LogP contribution in [0.1, 0.15) is 22.3 Å². The molecule has 2 heteroatoms. The van der Waals surface area contributed by atoms with E-state index in [-0.39, 0.29) is 0 Å². The Morgan fingerprint density at radius 3 is 1.17 bits per heavy atom. The maximum absolute atomic E-state index is 6.22. The molecule has 24 heavy (non-hydrogen) atoms. The quantitative estimate of drug-likeness (QED) is 0.706. The van der Waals surface area contributed by atoms with Crippen molar-refractivity contribution >= 4 is 0 Å². The Bertz CT molecular complexity index is 772. The molecule has 0 radical (unpaired) electrons. The van der Waals surface area contributed by atoms with Gasteiger partial charge >= 0.3 is 0 Å². The molecule has 4 rings (SSSR count). The van der Waals surface area contributed by atoms with E-state index < -0.39 is 11.2 Å². The number of methoxy groups -OCH3 is 2. The second-order valence-corrected chi connectivity index (χ2v) is 6.05. The minimum atomic E-state index is -0.666. The molecule has 2 atom stereocenters. The van der Waals surface area contributed by atoms with Crippen LogP contribution in [-0.2, 0) is 20.7 Å². The van der Waals surface area contributed by atoms with E-state index in [0.29, 0.717) is 0 Å². The SMILES string of the molecule is CO[C@]1(c2ccccc2)c2ccccc2[C@@]1(OC)c1ccccc1. The highest BCUT2D eigenvalue weighted by molar-refractivity contribution is 5.63. The molecule has 0 bridgehead atoms. The average molecular weight is 316 g/mol. The predicted octanol–water partition coefficient (Wildman–Crippen LogP) is 4.48. The number of hydrogen-bond acceptors (Lipinski definition) is 2. The number of fused-ring (bicyclic) bond motifs is 1. The Balaban J connectivity index is 2.08. The van der Waals surface area contributed by atoms with Gasteiger partial charge in [-0.3, -0.25) is 0 Å². The summed E-state index contributed by atoms with van der Waals surface area (Å²) in [4.78, 5) is 0. The summed E-state index contributed by atoms with van der Waals surface area (Å²) in [6.07, 6.45) is 0. The highest BCUT2D eigenvalue weighted by atomic mass is 16.6. The van der Waals surface area contributed by atoms with Crippen LogP contribution >= 0.6 is 0 Å². The summed E-state index contributed by atoms with van der Waals surface area (Å²) in [5, 5.41) is 0. The van der Waals surface area contributed by atoms with Crippen LogP contribution in [0.25, 0.3) is 0 Å². The molecule has 0 fully saturated rings. The predicted molar refractivity (Wildman–Crippen MR) is 94.9 cm³/mol. The zero-order valence-corrected chi connectivity index (χ0v) is 13.9. The van der Waals surface area contributed by atoms with Gasteiger partial charge in [0, 0.05) is 14.2 Å². The lowest BCUT2D eigenvalue weighted by atomic mass is 9.55. The van der Waals surface area contributed by atoms with Crippen molar-refractivity contribution in [3.8, 4) is 0 Å². The summed E-state index contributed by atoms with van der Waals surface area (Å²) >= 11 is 0. The summed E-state index contributed by atoms with van der Waals surface area (Å²) in [5.41, 5.74) is 3.17. The molecule has 3 aromatic rings. The van der Waals surface area contributed by atoms with Gasteiger partial charge < -0.3 is 9.47 Å². The van der Waals surface area contributed by atoms with Gasteiger partial charge in [-0.1, -0.05) is 84.9 Å². The Labute approximate surface area is 142 Å². The fourth-order valence-electron chi connectivity index (χ4n) is 4.22. The molecule has 3 aromatic carbocycles. The Morgan fingerprint density at radius 2 is 0.833 bits per heavy atom. The van der Waals surface area contributed by atoms with Crippen molar-refractivity contribution in [3.05, 3.63) is 107 Å². The zero-order chi connectivity index (χ0) is 16.6. The number of benzene rings is 3. The van der Waals surface area contributed by atoms with E-state index in [4.69, 9.17) is 9.47 Å². The van der Waals surface area contributed by atoms with Crippen molar-refractivity contribution in [3.63, 3.8) is 0 Å². The van der Waals surface area contributed by atoms with Crippen molar-refractivity contribution in [2.45, 2.75) is 11.2 Å². The molecular formula is C22H20O2. The molecule has 2 nitrogen and oxygen atoms in total. The van der Waals surface area contributed by atoms with Gasteiger partial charge in [0.05, 0.1) is 0 Å². The van der Waals surface area contributed by atoms with Gasteiger partial charge in [0.15, 0.2) is 11.2 Å². The van der Waals surface area contributed by atoms with E-state index in [2.05, 4.69) is 48.5 Å². The molecule has 0 N–H and O–H groups in total. The van der Waals surface area contributed by atoms with Crippen LogP contribution in [-0.4, -0.2) is 14.2 Å². The highest BCUT2D eigenvalue weighted by Gasteiger charge is 2.66. The van der Waals surface area contributed by atoms with Crippen LogP contribution in [0.2, 0.25) is 0 Å². The Morgan fingerprint density at radius 1 is 0.500 bits per heavy atom. The third-order valence-electron chi connectivity index (χ3n) is 5.15. The topological polar surface area (TPSA) is 18.5 Å². The van der Waals surface area contributed by atoms with E-state index >= 15 is 0 Å². The average Bonchev–Trinajstić information content (AvgIpc) is 2.66. The van der Waals surface area contributed by atoms with Crippen LogP contribution in [0.3, 0.4) is 0 Å². The van der Waals surface area contributed by atoms with E-state index in [9.17, 15) is 0 Å². The standard InChI is InChI=1S/C22H20O2/c1-23-21(17-11-5-3-6-12-17)19-15-9-10-16-20(19)22(21,24-2)18-13-7-4-8-14-18/h3-16H,1-2H3/t21-,22+. The lowest BCUT2D eigenvalue weighted by Crippen LogP contribution is -2.62. The molecule has 0 unspecified atom stereocenters. The molecule has 0 saturated heterocycles. The number of rotatable bonds is 4. The van der Waals surface area contributed by atoms with Crippen LogP contribution < -0.4 is 0 Å². The second kappa shape index (κ2) is 5.59. The van der Waals surface area contributed by atoms with Crippen molar-refractivity contribution < 1.29 is 9.47 Å². The maximum atomic E-state index is 6.22. The fraction of sp³-hybridized carbons (Fsp3) is 0.182. The van der Waals surface area contributed by atoms with Gasteiger partial charge in [-0.25, -0.2) is 0 Å². The smallest absolute Gasteiger partial charge is 0.155 e. The van der Waals surface area contributed by atoms with Gasteiger partial charge in [-0.05, 0) is 22.3 Å². The van der Waals surface area contributed by atoms with Crippen molar-refractivity contribution in [2.75, 3.05) is 14.2 Å². The summed E-state index contributed by atoms with van der Waals surface area (Å²) in [6.45, 7) is 0. The number of ether oxygens (including phenoxy) is 2. The molecule has 1 aliphatic rings. The lowest BCUT2D eigenvalue weighted by molar-refractivity contribution is -0.181. The first-order valence-electron chi connectivity index (χ1n) is 8.12. The van der Waals surface area contributed by atoms with Gasteiger partial charge in [-0.2, -0.15) is 0 Å². The van der Waals surface area contributed by atoms with Crippen LogP contribution in [0, 0.1) is 0 Å². The number of hydrogen-bond donors (Lipinski definition) is 0. The van der Waals surface area contributed by atoms with Crippen molar-refractivity contribution in [2.24, 2.45) is 0 Å². The third kappa shape index (κ3) is 1.67. The largest absolute Gasteiger partial charge is 0.365 e. The van der Waals surface area contributed by atoms with Crippen LogP contribution in [0.4, 0.5) is 0 Å². The summed E-state index contributed by atoms with van der Waals surface area (Å²) in [5.74, 6) is 0. The molecular weight excluding hydrogens is 296 g/mol. The van der Waals surface area contributed by atoms with E-state index in [0.717, 1.165) is 22.3 Å². The molecule has 0 amide bonds. The summed E-state index contributed by atoms with van der Waals surface area (Å²) in [6, 6.07) is 29.0. The van der Waals surface area contributed by atoms with Crippen molar-refractivity contribution in [1.29, 1.82) is 0 Å². The van der Waals surface area contributed by atoms with Crippen LogP contribution in [0.15, 0.2) is 84.9 Å². The van der Waals surface area contributed by atoms with E-state index in [1.165, 1.54) is 0 Å².